The molecule has 9 heteroatoms. The van der Waals surface area contributed by atoms with Crippen LogP contribution in [0.2, 0.25) is 5.02 Å². The van der Waals surface area contributed by atoms with E-state index < -0.39 is 0 Å². The van der Waals surface area contributed by atoms with Crippen LogP contribution in [0, 0.1) is 0 Å². The molecular formula is C18H26ClN5O2S. The highest BCUT2D eigenvalue weighted by molar-refractivity contribution is 7.99. The first-order valence-electron chi connectivity index (χ1n) is 9.64. The molecule has 4 rings (SSSR count). The van der Waals surface area contributed by atoms with Gasteiger partial charge in [0.2, 0.25) is 5.95 Å². The Morgan fingerprint density at radius 3 is 2.78 bits per heavy atom. The number of carbonyl (C=O) groups excluding carboxylic acids is 1. The molecule has 1 atom stereocenters. The third-order valence-electron chi connectivity index (χ3n) is 5.68. The van der Waals surface area contributed by atoms with Crippen molar-refractivity contribution in [3.8, 4) is 0 Å². The summed E-state index contributed by atoms with van der Waals surface area (Å²) in [5, 5.41) is 3.41. The highest BCUT2D eigenvalue weighted by Crippen LogP contribution is 2.33. The Kier molecular flexibility index (Phi) is 6.06. The molecule has 148 valence electrons. The van der Waals surface area contributed by atoms with E-state index in [1.165, 1.54) is 0 Å². The topological polar surface area (TPSA) is 70.6 Å². The predicted molar refractivity (Wildman–Crippen MR) is 108 cm³/mol. The molecule has 27 heavy (non-hydrogen) atoms. The van der Waals surface area contributed by atoms with E-state index in [0.717, 1.165) is 70.2 Å². The molecule has 3 saturated heterocycles. The van der Waals surface area contributed by atoms with Gasteiger partial charge in [-0.3, -0.25) is 9.69 Å². The van der Waals surface area contributed by atoms with Crippen LogP contribution in [0.4, 0.5) is 5.95 Å². The first-order chi connectivity index (χ1) is 13.2. The Hall–Kier alpha value is -1.09. The number of carbonyl (C=O) groups is 1. The molecule has 4 heterocycles. The molecule has 1 aromatic heterocycles. The normalized spacial score (nSPS) is 26.5. The fourth-order valence-corrected chi connectivity index (χ4v) is 5.70. The molecule has 3 aliphatic heterocycles. The van der Waals surface area contributed by atoms with Gasteiger partial charge in [-0.15, -0.1) is 0 Å². The van der Waals surface area contributed by atoms with Gasteiger partial charge in [0.1, 0.15) is 0 Å². The van der Waals surface area contributed by atoms with Crippen LogP contribution in [0.25, 0.3) is 0 Å². The Morgan fingerprint density at radius 2 is 2.07 bits per heavy atom. The summed E-state index contributed by atoms with van der Waals surface area (Å²) in [5.41, 5.74) is 0.276. The number of hydrogen-bond donors (Lipinski definition) is 1. The number of amides is 1. The summed E-state index contributed by atoms with van der Waals surface area (Å²) in [5.74, 6) is 2.54. The molecule has 1 aromatic rings. The zero-order chi connectivity index (χ0) is 18.7. The van der Waals surface area contributed by atoms with Crippen molar-refractivity contribution in [2.24, 2.45) is 0 Å². The van der Waals surface area contributed by atoms with E-state index in [2.05, 4.69) is 25.1 Å². The molecule has 0 aliphatic carbocycles. The summed E-state index contributed by atoms with van der Waals surface area (Å²) in [6.45, 7) is 5.83. The second kappa shape index (κ2) is 8.51. The van der Waals surface area contributed by atoms with Crippen molar-refractivity contribution in [2.75, 3.05) is 62.3 Å². The number of morpholine rings is 1. The zero-order valence-corrected chi connectivity index (χ0v) is 17.0. The minimum absolute atomic E-state index is 0.00138. The van der Waals surface area contributed by atoms with Crippen molar-refractivity contribution < 1.29 is 9.53 Å². The highest BCUT2D eigenvalue weighted by atomic mass is 35.5. The Labute approximate surface area is 169 Å². The van der Waals surface area contributed by atoms with E-state index in [1.807, 2.05) is 11.8 Å². The molecule has 1 amide bonds. The third-order valence-corrected chi connectivity index (χ3v) is 7.19. The van der Waals surface area contributed by atoms with Gasteiger partial charge in [-0.25, -0.2) is 9.97 Å². The average molecular weight is 412 g/mol. The number of halogens is 1. The molecule has 0 radical (unpaired) electrons. The minimum atomic E-state index is -0.215. The molecule has 3 fully saturated rings. The molecular weight excluding hydrogens is 386 g/mol. The highest BCUT2D eigenvalue weighted by Gasteiger charge is 2.41. The van der Waals surface area contributed by atoms with E-state index in [1.54, 1.807) is 6.20 Å². The number of aromatic nitrogens is 2. The number of nitrogens with zero attached hydrogens (tertiary/aromatic N) is 4. The molecule has 0 saturated carbocycles. The summed E-state index contributed by atoms with van der Waals surface area (Å²) >= 11 is 8.19. The smallest absolute Gasteiger partial charge is 0.271 e. The zero-order valence-electron chi connectivity index (χ0n) is 15.5. The van der Waals surface area contributed by atoms with Crippen molar-refractivity contribution in [1.29, 1.82) is 0 Å². The largest absolute Gasteiger partial charge is 0.379 e. The number of hydrogen-bond acceptors (Lipinski definition) is 7. The maximum absolute atomic E-state index is 12.9. The van der Waals surface area contributed by atoms with Crippen LogP contribution in [0.1, 0.15) is 29.8 Å². The fourth-order valence-electron chi connectivity index (χ4n) is 4.05. The Balaban J connectivity index is 1.45. The SMILES string of the molecule is O=C(NCC1(N2CCOCC2)CCSC1)c1nc(N2CCCC2)ncc1Cl. The van der Waals surface area contributed by atoms with Crippen molar-refractivity contribution in [2.45, 2.75) is 24.8 Å². The van der Waals surface area contributed by atoms with Gasteiger partial charge >= 0.3 is 0 Å². The molecule has 3 aliphatic rings. The van der Waals surface area contributed by atoms with Crippen LogP contribution >= 0.6 is 23.4 Å². The molecule has 0 spiro atoms. The summed E-state index contributed by atoms with van der Waals surface area (Å²) in [7, 11) is 0. The first kappa shape index (κ1) is 19.2. The lowest BCUT2D eigenvalue weighted by Gasteiger charge is -2.43. The molecule has 7 nitrogen and oxygen atoms in total. The monoisotopic (exact) mass is 411 g/mol. The number of nitrogens with one attached hydrogen (secondary N) is 1. The first-order valence-corrected chi connectivity index (χ1v) is 11.2. The summed E-state index contributed by atoms with van der Waals surface area (Å²) in [4.78, 5) is 26.2. The van der Waals surface area contributed by atoms with E-state index >= 15 is 0 Å². The fraction of sp³-hybridized carbons (Fsp3) is 0.722. The second-order valence-electron chi connectivity index (χ2n) is 7.37. The Bertz CT molecular complexity index is 674. The van der Waals surface area contributed by atoms with Gasteiger partial charge in [-0.05, 0) is 25.0 Å². The predicted octanol–water partition coefficient (Wildman–Crippen LogP) is 1.67. The second-order valence-corrected chi connectivity index (χ2v) is 8.88. The molecule has 0 bridgehead atoms. The van der Waals surface area contributed by atoms with Crippen LogP contribution in [-0.4, -0.2) is 83.8 Å². The maximum Gasteiger partial charge on any atom is 0.271 e. The van der Waals surface area contributed by atoms with Crippen LogP contribution in [0.5, 0.6) is 0 Å². The van der Waals surface area contributed by atoms with Crippen molar-refractivity contribution in [3.05, 3.63) is 16.9 Å². The lowest BCUT2D eigenvalue weighted by molar-refractivity contribution is -0.0129. The average Bonchev–Trinajstić information content (AvgIpc) is 3.40. The number of rotatable bonds is 5. The van der Waals surface area contributed by atoms with Gasteiger partial charge in [-0.2, -0.15) is 11.8 Å². The van der Waals surface area contributed by atoms with Gasteiger partial charge in [-0.1, -0.05) is 11.6 Å². The van der Waals surface area contributed by atoms with Gasteiger partial charge in [0, 0.05) is 44.0 Å². The number of thioether (sulfide) groups is 1. The standard InChI is InChI=1S/C18H26ClN5O2S/c19-14-11-20-17(23-4-1-2-5-23)22-15(14)16(25)21-12-18(3-10-27-13-18)24-6-8-26-9-7-24/h11H,1-10,12-13H2,(H,21,25). The van der Waals surface area contributed by atoms with Gasteiger partial charge in [0.05, 0.1) is 24.4 Å². The molecule has 1 N–H and O–H groups in total. The minimum Gasteiger partial charge on any atom is -0.379 e. The maximum atomic E-state index is 12.9. The lowest BCUT2D eigenvalue weighted by Crippen LogP contribution is -2.59. The van der Waals surface area contributed by atoms with E-state index in [4.69, 9.17) is 16.3 Å². The van der Waals surface area contributed by atoms with E-state index in [9.17, 15) is 4.79 Å². The molecule has 0 aromatic carbocycles. The van der Waals surface area contributed by atoms with Crippen molar-refractivity contribution in [3.63, 3.8) is 0 Å². The lowest BCUT2D eigenvalue weighted by atomic mass is 9.95. The van der Waals surface area contributed by atoms with Crippen LogP contribution in [0.15, 0.2) is 6.20 Å². The Morgan fingerprint density at radius 1 is 1.30 bits per heavy atom. The van der Waals surface area contributed by atoms with Gasteiger partial charge in [0.15, 0.2) is 5.69 Å². The quantitative estimate of drug-likeness (QED) is 0.790. The van der Waals surface area contributed by atoms with Gasteiger partial charge < -0.3 is 15.0 Å². The van der Waals surface area contributed by atoms with Crippen LogP contribution in [0.3, 0.4) is 0 Å². The summed E-state index contributed by atoms with van der Waals surface area (Å²) < 4.78 is 5.50. The van der Waals surface area contributed by atoms with E-state index in [-0.39, 0.29) is 17.1 Å². The van der Waals surface area contributed by atoms with Crippen LogP contribution < -0.4 is 10.2 Å². The third kappa shape index (κ3) is 4.18. The van der Waals surface area contributed by atoms with Crippen LogP contribution in [-0.2, 0) is 4.74 Å². The number of ether oxygens (including phenoxy) is 1. The van der Waals surface area contributed by atoms with Crippen molar-refractivity contribution in [1.82, 2.24) is 20.2 Å². The van der Waals surface area contributed by atoms with Gasteiger partial charge in [0.25, 0.3) is 5.91 Å². The van der Waals surface area contributed by atoms with E-state index in [0.29, 0.717) is 17.5 Å². The van der Waals surface area contributed by atoms with Crippen molar-refractivity contribution >= 4 is 35.2 Å². The molecule has 1 unspecified atom stereocenters. The number of anilines is 1. The summed E-state index contributed by atoms with van der Waals surface area (Å²) in [6.07, 6.45) is 4.88. The summed E-state index contributed by atoms with van der Waals surface area (Å²) in [6, 6.07) is 0.